The van der Waals surface area contributed by atoms with Gasteiger partial charge in [0.15, 0.2) is 0 Å². The third-order valence-electron chi connectivity index (χ3n) is 6.88. The van der Waals surface area contributed by atoms with Gasteiger partial charge < -0.3 is 0 Å². The number of hydrogen-bond acceptors (Lipinski definition) is 0. The van der Waals surface area contributed by atoms with E-state index in [2.05, 4.69) is 72.9 Å². The van der Waals surface area contributed by atoms with Crippen molar-refractivity contribution in [1.82, 2.24) is 0 Å². The summed E-state index contributed by atoms with van der Waals surface area (Å²) < 4.78 is 0. The van der Waals surface area contributed by atoms with Crippen LogP contribution in [0.3, 0.4) is 0 Å². The SMILES string of the molecule is [C-]1=C/C=C/CCCCCCCC1.[C-]1=C/C=C/CCCCCCCC1.[C-]1=CC=CCCCCCCCC1.[Ti+3]. The Balaban J connectivity index is 0.000000518. The van der Waals surface area contributed by atoms with Crippen LogP contribution in [0.5, 0.6) is 0 Å². The summed E-state index contributed by atoms with van der Waals surface area (Å²) >= 11 is 0. The van der Waals surface area contributed by atoms with Gasteiger partial charge in [-0.25, -0.2) is 36.5 Å². The van der Waals surface area contributed by atoms with Crippen molar-refractivity contribution in [1.29, 1.82) is 0 Å². The Bertz CT molecular complexity index is 465. The zero-order valence-corrected chi connectivity index (χ0v) is 25.7. The van der Waals surface area contributed by atoms with E-state index in [1.807, 2.05) is 0 Å². The number of hydrogen-bond donors (Lipinski definition) is 0. The maximum atomic E-state index is 3.29. The fraction of sp³-hybridized carbons (Fsp3) is 0.667. The van der Waals surface area contributed by atoms with E-state index in [1.54, 1.807) is 0 Å². The number of rotatable bonds is 0. The van der Waals surface area contributed by atoms with Gasteiger partial charge in [0.05, 0.1) is 0 Å². The summed E-state index contributed by atoms with van der Waals surface area (Å²) in [5.41, 5.74) is 0. The molecule has 1 heteroatoms. The van der Waals surface area contributed by atoms with Gasteiger partial charge in [-0.05, 0) is 0 Å². The Hall–Kier alpha value is -0.846. The Morgan fingerprint density at radius 2 is 0.541 bits per heavy atom. The maximum absolute atomic E-state index is 3.29. The molecule has 3 aliphatic carbocycles. The second-order valence-corrected chi connectivity index (χ2v) is 10.4. The molecule has 3 aliphatic rings. The molecule has 0 saturated carbocycles. The fourth-order valence-electron chi connectivity index (χ4n) is 4.54. The van der Waals surface area contributed by atoms with E-state index in [1.165, 1.54) is 135 Å². The predicted molar refractivity (Wildman–Crippen MR) is 162 cm³/mol. The second-order valence-electron chi connectivity index (χ2n) is 10.4. The van der Waals surface area contributed by atoms with Gasteiger partial charge in [0, 0.05) is 0 Å². The molecule has 1 radical (unpaired) electrons. The molecule has 37 heavy (non-hydrogen) atoms. The molecule has 0 heterocycles. The van der Waals surface area contributed by atoms with Crippen LogP contribution in [0.2, 0.25) is 0 Å². The third-order valence-corrected chi connectivity index (χ3v) is 6.88. The minimum atomic E-state index is 0. The van der Waals surface area contributed by atoms with Crippen LogP contribution < -0.4 is 0 Å². The first-order chi connectivity index (χ1) is 18.0. The van der Waals surface area contributed by atoms with E-state index >= 15 is 0 Å². The first kappa shape index (κ1) is 36.2. The van der Waals surface area contributed by atoms with Crippen molar-refractivity contribution in [3.05, 3.63) is 72.9 Å². The molecule has 0 aromatic rings. The van der Waals surface area contributed by atoms with E-state index in [4.69, 9.17) is 0 Å². The average Bonchev–Trinajstić information content (AvgIpc) is 2.86. The molecular weight excluding hydrogens is 480 g/mol. The van der Waals surface area contributed by atoms with Crippen molar-refractivity contribution >= 4 is 0 Å². The van der Waals surface area contributed by atoms with Gasteiger partial charge in [-0.2, -0.15) is 18.2 Å². The van der Waals surface area contributed by atoms with Gasteiger partial charge in [-0.3, -0.25) is 18.2 Å². The van der Waals surface area contributed by atoms with Gasteiger partial charge in [0.2, 0.25) is 0 Å². The molecule has 0 bridgehead atoms. The molecule has 0 unspecified atom stereocenters. The van der Waals surface area contributed by atoms with Crippen LogP contribution in [0.4, 0.5) is 0 Å². The molecule has 0 saturated heterocycles. The molecular formula is C36H57Ti. The molecule has 0 aromatic heterocycles. The van der Waals surface area contributed by atoms with Gasteiger partial charge in [0.1, 0.15) is 0 Å². The summed E-state index contributed by atoms with van der Waals surface area (Å²) in [4.78, 5) is 0. The molecule has 0 amide bonds. The largest absolute Gasteiger partial charge is 3.00 e. The van der Waals surface area contributed by atoms with Crippen LogP contribution in [-0.4, -0.2) is 0 Å². The molecule has 0 atom stereocenters. The molecule has 0 aromatic carbocycles. The van der Waals surface area contributed by atoms with Crippen LogP contribution in [0, 0.1) is 18.2 Å². The zero-order valence-electron chi connectivity index (χ0n) is 24.2. The van der Waals surface area contributed by atoms with E-state index < -0.39 is 0 Å². The standard InChI is InChI=1S/3C12H19.Ti/c3*1-2-4-6-8-10-12-11-9-7-5-3-1;/h3*1-3H,4,6-12H2;/q3*-1;+3/b2*2-1+;;. The van der Waals surface area contributed by atoms with Crippen molar-refractivity contribution in [2.75, 3.05) is 0 Å². The van der Waals surface area contributed by atoms with E-state index in [-0.39, 0.29) is 21.7 Å². The fourth-order valence-corrected chi connectivity index (χ4v) is 4.54. The third kappa shape index (κ3) is 31.3. The van der Waals surface area contributed by atoms with Crippen molar-refractivity contribution < 1.29 is 21.7 Å². The Morgan fingerprint density at radius 3 is 0.838 bits per heavy atom. The van der Waals surface area contributed by atoms with Gasteiger partial charge in [-0.1, -0.05) is 135 Å². The topological polar surface area (TPSA) is 0 Å². The van der Waals surface area contributed by atoms with E-state index in [0.717, 1.165) is 19.3 Å². The molecule has 3 rings (SSSR count). The van der Waals surface area contributed by atoms with Crippen LogP contribution in [-0.2, 0) is 21.7 Å². The summed E-state index contributed by atoms with van der Waals surface area (Å²) in [6.07, 6.45) is 61.5. The van der Waals surface area contributed by atoms with Crippen molar-refractivity contribution in [3.8, 4) is 0 Å². The first-order valence-electron chi connectivity index (χ1n) is 15.7. The van der Waals surface area contributed by atoms with Gasteiger partial charge in [-0.15, -0.1) is 19.3 Å². The molecule has 205 valence electrons. The van der Waals surface area contributed by atoms with Crippen molar-refractivity contribution in [2.24, 2.45) is 0 Å². The van der Waals surface area contributed by atoms with Crippen LogP contribution in [0.15, 0.2) is 54.7 Å². The van der Waals surface area contributed by atoms with Gasteiger partial charge >= 0.3 is 21.7 Å². The van der Waals surface area contributed by atoms with Crippen LogP contribution in [0.25, 0.3) is 0 Å². The molecule has 0 aliphatic heterocycles. The molecule has 0 nitrogen and oxygen atoms in total. The summed E-state index contributed by atoms with van der Waals surface area (Å²) in [6.45, 7) is 0. The summed E-state index contributed by atoms with van der Waals surface area (Å²) in [5.74, 6) is 0. The Morgan fingerprint density at radius 1 is 0.297 bits per heavy atom. The maximum Gasteiger partial charge on any atom is 3.00 e. The average molecular weight is 538 g/mol. The minimum absolute atomic E-state index is 0. The predicted octanol–water partition coefficient (Wildman–Crippen LogP) is 12.1. The van der Waals surface area contributed by atoms with Crippen LogP contribution >= 0.6 is 0 Å². The van der Waals surface area contributed by atoms with Gasteiger partial charge in [0.25, 0.3) is 0 Å². The first-order valence-corrected chi connectivity index (χ1v) is 15.7. The minimum Gasteiger partial charge on any atom is -0.275 e. The Labute approximate surface area is 247 Å². The second kappa shape index (κ2) is 33.2. The molecule has 0 N–H and O–H groups in total. The zero-order chi connectivity index (χ0) is 25.5. The van der Waals surface area contributed by atoms with Crippen LogP contribution in [0.1, 0.15) is 154 Å². The van der Waals surface area contributed by atoms with Crippen molar-refractivity contribution in [2.45, 2.75) is 154 Å². The van der Waals surface area contributed by atoms with E-state index in [0.29, 0.717) is 0 Å². The number of allylic oxidation sites excluding steroid dienone is 12. The summed E-state index contributed by atoms with van der Waals surface area (Å²) in [6, 6.07) is 0. The smallest absolute Gasteiger partial charge is 0.275 e. The van der Waals surface area contributed by atoms with Crippen molar-refractivity contribution in [3.63, 3.8) is 0 Å². The normalized spacial score (nSPS) is 22.5. The Kier molecular flexibility index (Phi) is 32.4. The summed E-state index contributed by atoms with van der Waals surface area (Å²) in [7, 11) is 0. The molecule has 0 fully saturated rings. The summed E-state index contributed by atoms with van der Waals surface area (Å²) in [5, 5.41) is 0. The quantitative estimate of drug-likeness (QED) is 0.213. The van der Waals surface area contributed by atoms with E-state index in [9.17, 15) is 0 Å². The monoisotopic (exact) mass is 537 g/mol. The molecule has 0 spiro atoms.